The van der Waals surface area contributed by atoms with Gasteiger partial charge in [-0.2, -0.15) is 0 Å². The van der Waals surface area contributed by atoms with Crippen molar-refractivity contribution in [1.29, 1.82) is 0 Å². The Hall–Kier alpha value is -1.48. The van der Waals surface area contributed by atoms with Gasteiger partial charge in [0.05, 0.1) is 11.6 Å². The summed E-state index contributed by atoms with van der Waals surface area (Å²) in [6.07, 6.45) is 2.54. The minimum absolute atomic E-state index is 0.0141. The number of carbonyl (C=O) groups excluding carboxylic acids is 1. The Bertz CT molecular complexity index is 525. The Morgan fingerprint density at radius 3 is 2.65 bits per heavy atom. The van der Waals surface area contributed by atoms with Gasteiger partial charge < -0.3 is 9.64 Å². The van der Waals surface area contributed by atoms with Crippen LogP contribution in [0.25, 0.3) is 0 Å². The topological polar surface area (TPSA) is 29.5 Å². The Kier molecular flexibility index (Phi) is 4.71. The van der Waals surface area contributed by atoms with E-state index in [4.69, 9.17) is 16.3 Å². The lowest BCUT2D eigenvalue weighted by Gasteiger charge is -2.26. The number of hydrogen-bond acceptors (Lipinski definition) is 2. The number of nitrogens with zero attached hydrogens (tertiary/aromatic N) is 1. The highest BCUT2D eigenvalue weighted by atomic mass is 35.5. The molecule has 4 heteroatoms. The molecule has 1 aromatic carbocycles. The molecular formula is C16H20ClNO2. The van der Waals surface area contributed by atoms with Crippen molar-refractivity contribution in [2.75, 3.05) is 6.54 Å². The maximum Gasteiger partial charge on any atom is 0.250 e. The molecule has 0 fully saturated rings. The van der Waals surface area contributed by atoms with Crippen LogP contribution in [0.2, 0.25) is 5.02 Å². The predicted molar refractivity (Wildman–Crippen MR) is 80.8 cm³/mol. The number of carbonyl (C=O) groups is 1. The van der Waals surface area contributed by atoms with Crippen molar-refractivity contribution in [3.05, 3.63) is 41.1 Å². The molecule has 0 saturated heterocycles. The summed E-state index contributed by atoms with van der Waals surface area (Å²) < 4.78 is 5.73. The van der Waals surface area contributed by atoms with Gasteiger partial charge in [-0.25, -0.2) is 0 Å². The molecule has 0 saturated carbocycles. The normalized spacial score (nSPS) is 16.6. The fourth-order valence-electron chi connectivity index (χ4n) is 2.43. The van der Waals surface area contributed by atoms with Crippen LogP contribution in [0.4, 0.5) is 0 Å². The number of halogens is 1. The minimum Gasteiger partial charge on any atom is -0.458 e. The summed E-state index contributed by atoms with van der Waals surface area (Å²) in [6, 6.07) is 7.49. The highest BCUT2D eigenvalue weighted by molar-refractivity contribution is 6.32. The van der Waals surface area contributed by atoms with Crippen LogP contribution in [0.1, 0.15) is 27.2 Å². The zero-order chi connectivity index (χ0) is 14.7. The molecule has 0 bridgehead atoms. The van der Waals surface area contributed by atoms with Gasteiger partial charge in [-0.15, -0.1) is 0 Å². The van der Waals surface area contributed by atoms with Gasteiger partial charge >= 0.3 is 0 Å². The molecule has 1 aromatic rings. The Labute approximate surface area is 125 Å². The highest BCUT2D eigenvalue weighted by Gasteiger charge is 2.27. The van der Waals surface area contributed by atoms with Gasteiger partial charge in [-0.1, -0.05) is 37.6 Å². The maximum absolute atomic E-state index is 12.0. The quantitative estimate of drug-likeness (QED) is 0.824. The van der Waals surface area contributed by atoms with E-state index in [9.17, 15) is 4.79 Å². The van der Waals surface area contributed by atoms with Crippen LogP contribution in [-0.4, -0.2) is 23.4 Å². The molecule has 0 aliphatic carbocycles. The lowest BCUT2D eigenvalue weighted by atomic mass is 10.0. The molecule has 0 radical (unpaired) electrons. The van der Waals surface area contributed by atoms with Crippen LogP contribution in [0, 0.1) is 5.92 Å². The van der Waals surface area contributed by atoms with Gasteiger partial charge in [0.2, 0.25) is 0 Å². The van der Waals surface area contributed by atoms with E-state index in [-0.39, 0.29) is 11.9 Å². The smallest absolute Gasteiger partial charge is 0.250 e. The van der Waals surface area contributed by atoms with Gasteiger partial charge in [0, 0.05) is 12.1 Å². The van der Waals surface area contributed by atoms with Crippen LogP contribution in [0.15, 0.2) is 36.1 Å². The summed E-state index contributed by atoms with van der Waals surface area (Å²) in [5.41, 5.74) is 0. The number of hydrogen-bond donors (Lipinski definition) is 0. The zero-order valence-corrected chi connectivity index (χ0v) is 12.9. The molecule has 1 heterocycles. The highest BCUT2D eigenvalue weighted by Crippen LogP contribution is 2.27. The van der Waals surface area contributed by atoms with Gasteiger partial charge in [0.25, 0.3) is 5.91 Å². The SMILES string of the molecule is CC(C)CC(C)N1CC(Oc2ccccc2Cl)=CC1=O. The van der Waals surface area contributed by atoms with Crippen LogP contribution in [0.3, 0.4) is 0 Å². The second kappa shape index (κ2) is 6.31. The molecule has 108 valence electrons. The second-order valence-corrected chi connectivity index (χ2v) is 6.00. The lowest BCUT2D eigenvalue weighted by molar-refractivity contribution is -0.126. The molecule has 0 aromatic heterocycles. The van der Waals surface area contributed by atoms with Gasteiger partial charge in [-0.05, 0) is 31.4 Å². The van der Waals surface area contributed by atoms with Crippen LogP contribution >= 0.6 is 11.6 Å². The molecule has 20 heavy (non-hydrogen) atoms. The standard InChI is InChI=1S/C16H20ClNO2/c1-11(2)8-12(3)18-10-13(9-16(18)19)20-15-7-5-4-6-14(15)17/h4-7,9,11-12H,8,10H2,1-3H3. The molecule has 1 unspecified atom stereocenters. The average molecular weight is 294 g/mol. The van der Waals surface area contributed by atoms with E-state index in [1.54, 1.807) is 18.2 Å². The molecule has 0 N–H and O–H groups in total. The summed E-state index contributed by atoms with van der Waals surface area (Å²) in [4.78, 5) is 13.9. The minimum atomic E-state index is 0.0141. The number of ether oxygens (including phenoxy) is 1. The first-order valence-corrected chi connectivity index (χ1v) is 7.28. The Morgan fingerprint density at radius 1 is 1.30 bits per heavy atom. The van der Waals surface area contributed by atoms with E-state index in [1.165, 1.54) is 0 Å². The fraction of sp³-hybridized carbons (Fsp3) is 0.438. The molecule has 1 atom stereocenters. The van der Waals surface area contributed by atoms with E-state index < -0.39 is 0 Å². The summed E-state index contributed by atoms with van der Waals surface area (Å²) in [5.74, 6) is 1.82. The average Bonchev–Trinajstić information content (AvgIpc) is 2.72. The molecule has 1 aliphatic heterocycles. The van der Waals surface area contributed by atoms with E-state index in [1.807, 2.05) is 17.0 Å². The monoisotopic (exact) mass is 293 g/mol. The number of para-hydroxylation sites is 1. The summed E-state index contributed by atoms with van der Waals surface area (Å²) in [5, 5.41) is 0.550. The first kappa shape index (κ1) is 14.9. The number of amides is 1. The third kappa shape index (κ3) is 3.54. The van der Waals surface area contributed by atoms with Crippen molar-refractivity contribution in [1.82, 2.24) is 4.90 Å². The van der Waals surface area contributed by atoms with Crippen molar-refractivity contribution in [3.8, 4) is 5.75 Å². The van der Waals surface area contributed by atoms with Crippen LogP contribution in [-0.2, 0) is 4.79 Å². The van der Waals surface area contributed by atoms with Crippen molar-refractivity contribution in [3.63, 3.8) is 0 Å². The zero-order valence-electron chi connectivity index (χ0n) is 12.1. The third-order valence-electron chi connectivity index (χ3n) is 3.32. The van der Waals surface area contributed by atoms with Crippen molar-refractivity contribution < 1.29 is 9.53 Å². The molecule has 0 spiro atoms. The largest absolute Gasteiger partial charge is 0.458 e. The third-order valence-corrected chi connectivity index (χ3v) is 3.63. The van der Waals surface area contributed by atoms with Crippen molar-refractivity contribution in [2.45, 2.75) is 33.2 Å². The molecule has 2 rings (SSSR count). The van der Waals surface area contributed by atoms with Gasteiger partial charge in [0.1, 0.15) is 11.5 Å². The number of benzene rings is 1. The molecule has 1 aliphatic rings. The molecule has 3 nitrogen and oxygen atoms in total. The Balaban J connectivity index is 2.01. The summed E-state index contributed by atoms with van der Waals surface area (Å²) in [6.45, 7) is 6.90. The van der Waals surface area contributed by atoms with E-state index >= 15 is 0 Å². The van der Waals surface area contributed by atoms with Crippen molar-refractivity contribution >= 4 is 17.5 Å². The first-order valence-electron chi connectivity index (χ1n) is 6.91. The summed E-state index contributed by atoms with van der Waals surface area (Å²) in [7, 11) is 0. The summed E-state index contributed by atoms with van der Waals surface area (Å²) >= 11 is 6.06. The fourth-order valence-corrected chi connectivity index (χ4v) is 2.60. The predicted octanol–water partition coefficient (Wildman–Crippen LogP) is 3.88. The lowest BCUT2D eigenvalue weighted by Crippen LogP contribution is -2.36. The van der Waals surface area contributed by atoms with Crippen LogP contribution in [0.5, 0.6) is 5.75 Å². The maximum atomic E-state index is 12.0. The van der Waals surface area contributed by atoms with Crippen LogP contribution < -0.4 is 4.74 Å². The second-order valence-electron chi connectivity index (χ2n) is 5.59. The van der Waals surface area contributed by atoms with E-state index in [0.717, 1.165) is 6.42 Å². The van der Waals surface area contributed by atoms with E-state index in [0.29, 0.717) is 29.0 Å². The number of rotatable bonds is 5. The van der Waals surface area contributed by atoms with Gasteiger partial charge in [-0.3, -0.25) is 4.79 Å². The van der Waals surface area contributed by atoms with Gasteiger partial charge in [0.15, 0.2) is 0 Å². The van der Waals surface area contributed by atoms with Crippen molar-refractivity contribution in [2.24, 2.45) is 5.92 Å². The Morgan fingerprint density at radius 2 is 2.00 bits per heavy atom. The first-order chi connectivity index (χ1) is 9.47. The van der Waals surface area contributed by atoms with E-state index in [2.05, 4.69) is 20.8 Å². The molecular weight excluding hydrogens is 274 g/mol. The molecule has 1 amide bonds.